The lowest BCUT2D eigenvalue weighted by atomic mass is 9.75. The molecule has 9 heteroatoms. The molecule has 0 saturated heterocycles. The number of hydrogen-bond donors (Lipinski definition) is 1. The zero-order chi connectivity index (χ0) is 24.1. The Bertz CT molecular complexity index is 1310. The molecule has 2 aliphatic heterocycles. The van der Waals surface area contributed by atoms with Crippen molar-refractivity contribution in [3.63, 3.8) is 0 Å². The number of rotatable bonds is 4. The van der Waals surface area contributed by atoms with Gasteiger partial charge >= 0.3 is 0 Å². The number of aliphatic imine (C=N–C) groups is 1. The predicted molar refractivity (Wildman–Crippen MR) is 129 cm³/mol. The van der Waals surface area contributed by atoms with Gasteiger partial charge in [0, 0.05) is 43.4 Å². The summed E-state index contributed by atoms with van der Waals surface area (Å²) in [5, 5.41) is 0.494. The molecule has 0 bridgehead atoms. The van der Waals surface area contributed by atoms with Gasteiger partial charge < -0.3 is 15.2 Å². The number of ether oxygens (including phenoxy) is 2. The molecule has 0 radical (unpaired) electrons. The maximum Gasteiger partial charge on any atom is 0.261 e. The van der Waals surface area contributed by atoms with E-state index < -0.39 is 11.1 Å². The molecular formula is C25H24ClN5O3. The van der Waals surface area contributed by atoms with Crippen LogP contribution in [0.1, 0.15) is 24.5 Å². The monoisotopic (exact) mass is 477 g/mol. The molecule has 2 aromatic heterocycles. The highest BCUT2D eigenvalue weighted by molar-refractivity contribution is 6.30. The third-order valence-electron chi connectivity index (χ3n) is 6.34. The number of pyridine rings is 2. The van der Waals surface area contributed by atoms with Gasteiger partial charge in [-0.25, -0.2) is 4.99 Å². The van der Waals surface area contributed by atoms with E-state index in [9.17, 15) is 4.79 Å². The smallest absolute Gasteiger partial charge is 0.261 e. The molecule has 4 heterocycles. The summed E-state index contributed by atoms with van der Waals surface area (Å²) in [6.07, 6.45) is 5.74. The number of carbonyl (C=O) groups excluding carboxylic acids is 1. The molecule has 1 amide bonds. The molecule has 2 aliphatic rings. The van der Waals surface area contributed by atoms with Crippen LogP contribution in [0.3, 0.4) is 0 Å². The Kier molecular flexibility index (Phi) is 5.20. The summed E-state index contributed by atoms with van der Waals surface area (Å²) in [5.41, 5.74) is 7.21. The zero-order valence-electron chi connectivity index (χ0n) is 19.1. The first-order valence-electron chi connectivity index (χ1n) is 10.8. The maximum atomic E-state index is 13.6. The van der Waals surface area contributed by atoms with Gasteiger partial charge in [0.25, 0.3) is 5.91 Å². The van der Waals surface area contributed by atoms with Gasteiger partial charge in [-0.2, -0.15) is 0 Å². The molecule has 2 atom stereocenters. The molecule has 0 saturated carbocycles. The average molecular weight is 478 g/mol. The second-order valence-electron chi connectivity index (χ2n) is 8.91. The minimum Gasteiger partial charge on any atom is -0.497 e. The Morgan fingerprint density at radius 3 is 2.62 bits per heavy atom. The van der Waals surface area contributed by atoms with Gasteiger partial charge in [-0.15, -0.1) is 0 Å². The van der Waals surface area contributed by atoms with Crippen LogP contribution >= 0.6 is 11.6 Å². The quantitative estimate of drug-likeness (QED) is 0.616. The van der Waals surface area contributed by atoms with E-state index in [4.69, 9.17) is 31.8 Å². The highest BCUT2D eigenvalue weighted by Gasteiger charge is 2.56. The van der Waals surface area contributed by atoms with E-state index in [1.807, 2.05) is 37.3 Å². The lowest BCUT2D eigenvalue weighted by Crippen LogP contribution is -2.51. The molecular weight excluding hydrogens is 454 g/mol. The minimum absolute atomic E-state index is 0.174. The second-order valence-corrected chi connectivity index (χ2v) is 9.34. The Labute approximate surface area is 202 Å². The molecule has 3 aromatic rings. The Balaban J connectivity index is 1.60. The summed E-state index contributed by atoms with van der Waals surface area (Å²) in [5.74, 6) is 1.25. The first-order chi connectivity index (χ1) is 16.2. The van der Waals surface area contributed by atoms with Crippen LogP contribution in [0.25, 0.3) is 11.3 Å². The van der Waals surface area contributed by atoms with Gasteiger partial charge in [-0.3, -0.25) is 19.7 Å². The van der Waals surface area contributed by atoms with Crippen molar-refractivity contribution in [3.05, 3.63) is 71.1 Å². The van der Waals surface area contributed by atoms with Crippen molar-refractivity contribution in [2.45, 2.75) is 30.9 Å². The first-order valence-corrected chi connectivity index (χ1v) is 11.2. The second kappa shape index (κ2) is 7.99. The molecule has 1 aromatic carbocycles. The number of likely N-dealkylation sites (N-methyl/N-ethyl adjacent to an activating group) is 1. The summed E-state index contributed by atoms with van der Waals surface area (Å²) < 4.78 is 11.7. The number of hydrogen-bond acceptors (Lipinski definition) is 7. The number of nitrogens with zero attached hydrogens (tertiary/aromatic N) is 4. The van der Waals surface area contributed by atoms with Crippen LogP contribution in [0.2, 0.25) is 5.02 Å². The molecule has 0 fully saturated rings. The Morgan fingerprint density at radius 2 is 1.97 bits per heavy atom. The number of methoxy groups -OCH3 is 1. The van der Waals surface area contributed by atoms with E-state index in [1.54, 1.807) is 38.8 Å². The molecule has 1 spiro atoms. The van der Waals surface area contributed by atoms with Crippen molar-refractivity contribution in [1.29, 1.82) is 0 Å². The van der Waals surface area contributed by atoms with Crippen molar-refractivity contribution in [2.24, 2.45) is 10.7 Å². The fourth-order valence-corrected chi connectivity index (χ4v) is 4.93. The summed E-state index contributed by atoms with van der Waals surface area (Å²) in [7, 11) is 3.27. The molecule has 174 valence electrons. The van der Waals surface area contributed by atoms with Gasteiger partial charge in [0.1, 0.15) is 17.1 Å². The number of fused-ring (bicyclic) bond motifs is 2. The summed E-state index contributed by atoms with van der Waals surface area (Å²) >= 11 is 6.13. The van der Waals surface area contributed by atoms with Crippen LogP contribution in [-0.2, 0) is 16.8 Å². The van der Waals surface area contributed by atoms with Crippen LogP contribution in [0.5, 0.6) is 11.5 Å². The first kappa shape index (κ1) is 22.2. The predicted octanol–water partition coefficient (Wildman–Crippen LogP) is 3.57. The van der Waals surface area contributed by atoms with Crippen molar-refractivity contribution in [1.82, 2.24) is 14.9 Å². The van der Waals surface area contributed by atoms with Crippen molar-refractivity contribution < 1.29 is 14.3 Å². The number of benzene rings is 1. The number of nitrogens with two attached hydrogens (primary N) is 1. The lowest BCUT2D eigenvalue weighted by Gasteiger charge is -2.43. The zero-order valence-corrected chi connectivity index (χ0v) is 19.8. The van der Waals surface area contributed by atoms with Gasteiger partial charge in [-0.05, 0) is 36.8 Å². The van der Waals surface area contributed by atoms with E-state index in [0.29, 0.717) is 34.9 Å². The number of carbonyl (C=O) groups is 1. The number of guanidine groups is 1. The number of amides is 1. The van der Waals surface area contributed by atoms with Crippen molar-refractivity contribution in [3.8, 4) is 22.8 Å². The van der Waals surface area contributed by atoms with Gasteiger partial charge in [0.05, 0.1) is 24.0 Å². The van der Waals surface area contributed by atoms with Crippen LogP contribution in [0.15, 0.2) is 60.0 Å². The Hall–Kier alpha value is -3.65. The summed E-state index contributed by atoms with van der Waals surface area (Å²) in [6.45, 7) is 1.98. The van der Waals surface area contributed by atoms with Gasteiger partial charge in [-0.1, -0.05) is 23.7 Å². The summed E-state index contributed by atoms with van der Waals surface area (Å²) in [4.78, 5) is 28.4. The highest BCUT2D eigenvalue weighted by atomic mass is 35.5. The molecule has 0 unspecified atom stereocenters. The minimum atomic E-state index is -1.21. The molecule has 34 heavy (non-hydrogen) atoms. The van der Waals surface area contributed by atoms with E-state index in [1.165, 1.54) is 4.90 Å². The molecule has 2 N–H and O–H groups in total. The summed E-state index contributed by atoms with van der Waals surface area (Å²) in [6, 6.07) is 11.4. The standard InChI is InChI=1S/C25H24ClN5O3/c1-24(10-15-4-6-18(33-3)7-5-15)14-25(22(32)31(2)23(27)30-25)19-9-20(29-13-21(19)34-24)16-8-17(26)12-28-11-16/h4-9,11-13H,10,14H2,1-3H3,(H2,27,30)/t24-,25-/m1/s1. The topological polar surface area (TPSA) is 103 Å². The van der Waals surface area contributed by atoms with E-state index >= 15 is 0 Å². The highest BCUT2D eigenvalue weighted by Crippen LogP contribution is 2.50. The fraction of sp³-hybridized carbons (Fsp3) is 0.280. The average Bonchev–Trinajstić information content (AvgIpc) is 3.02. The van der Waals surface area contributed by atoms with E-state index in [-0.39, 0.29) is 11.9 Å². The van der Waals surface area contributed by atoms with Gasteiger partial charge in [0.15, 0.2) is 11.5 Å². The number of halogens is 1. The van der Waals surface area contributed by atoms with Gasteiger partial charge in [0.2, 0.25) is 0 Å². The van der Waals surface area contributed by atoms with Crippen LogP contribution in [0.4, 0.5) is 0 Å². The lowest BCUT2D eigenvalue weighted by molar-refractivity contribution is -0.133. The third kappa shape index (κ3) is 3.64. The van der Waals surface area contributed by atoms with Crippen molar-refractivity contribution in [2.75, 3.05) is 14.2 Å². The van der Waals surface area contributed by atoms with E-state index in [2.05, 4.69) is 9.97 Å². The maximum absolute atomic E-state index is 13.6. The van der Waals surface area contributed by atoms with Crippen LogP contribution in [0, 0.1) is 0 Å². The molecule has 5 rings (SSSR count). The number of aromatic nitrogens is 2. The molecule has 0 aliphatic carbocycles. The fourth-order valence-electron chi connectivity index (χ4n) is 4.76. The largest absolute Gasteiger partial charge is 0.497 e. The van der Waals surface area contributed by atoms with Crippen LogP contribution in [-0.4, -0.2) is 46.5 Å². The Morgan fingerprint density at radius 1 is 1.21 bits per heavy atom. The third-order valence-corrected chi connectivity index (χ3v) is 6.55. The van der Waals surface area contributed by atoms with Crippen molar-refractivity contribution >= 4 is 23.5 Å². The van der Waals surface area contributed by atoms with E-state index in [0.717, 1.165) is 16.9 Å². The normalized spacial score (nSPS) is 23.5. The SMILES string of the molecule is COc1ccc(C[C@]2(C)C[C@@]3(N=C(N)N(C)C3=O)c3cc(-c4cncc(Cl)c4)ncc3O2)cc1. The van der Waals surface area contributed by atoms with Crippen LogP contribution < -0.4 is 15.2 Å². The molecule has 8 nitrogen and oxygen atoms in total.